The lowest BCUT2D eigenvalue weighted by Gasteiger charge is -2.19. The van der Waals surface area contributed by atoms with Crippen LogP contribution in [-0.4, -0.2) is 13.4 Å². The molecular formula is C21H21BrN2O2S. The average Bonchev–Trinajstić information content (AvgIpc) is 2.62. The van der Waals surface area contributed by atoms with Crippen molar-refractivity contribution in [3.05, 3.63) is 93.7 Å². The van der Waals surface area contributed by atoms with Crippen LogP contribution in [0.2, 0.25) is 0 Å². The van der Waals surface area contributed by atoms with Crippen molar-refractivity contribution < 1.29 is 8.42 Å². The molecule has 4 nitrogen and oxygen atoms in total. The van der Waals surface area contributed by atoms with Gasteiger partial charge < -0.3 is 0 Å². The van der Waals surface area contributed by atoms with Crippen LogP contribution in [0.5, 0.6) is 0 Å². The molecule has 0 aliphatic carbocycles. The van der Waals surface area contributed by atoms with E-state index in [1.165, 1.54) is 0 Å². The van der Waals surface area contributed by atoms with E-state index in [0.29, 0.717) is 6.42 Å². The number of aryl methyl sites for hydroxylation is 2. The number of hydrogen-bond donors (Lipinski definition) is 1. The topological polar surface area (TPSA) is 59.1 Å². The van der Waals surface area contributed by atoms with E-state index in [1.54, 1.807) is 24.3 Å². The summed E-state index contributed by atoms with van der Waals surface area (Å²) in [6.45, 7) is 3.85. The van der Waals surface area contributed by atoms with Crippen LogP contribution in [0.3, 0.4) is 0 Å². The molecule has 0 bridgehead atoms. The van der Waals surface area contributed by atoms with Crippen molar-refractivity contribution in [2.75, 3.05) is 0 Å². The highest BCUT2D eigenvalue weighted by Gasteiger charge is 2.22. The first kappa shape index (κ1) is 19.7. The second-order valence-electron chi connectivity index (χ2n) is 6.51. The van der Waals surface area contributed by atoms with E-state index in [-0.39, 0.29) is 4.90 Å². The number of sulfonamides is 1. The van der Waals surface area contributed by atoms with E-state index < -0.39 is 16.1 Å². The van der Waals surface area contributed by atoms with Gasteiger partial charge in [0.25, 0.3) is 0 Å². The zero-order chi connectivity index (χ0) is 19.4. The van der Waals surface area contributed by atoms with Gasteiger partial charge in [-0.1, -0.05) is 51.8 Å². The molecule has 0 aliphatic heterocycles. The van der Waals surface area contributed by atoms with E-state index in [0.717, 1.165) is 27.0 Å². The Hall–Kier alpha value is -2.02. The summed E-state index contributed by atoms with van der Waals surface area (Å²) in [4.78, 5) is 4.78. The summed E-state index contributed by atoms with van der Waals surface area (Å²) >= 11 is 3.42. The molecule has 0 fully saturated rings. The second-order valence-corrected chi connectivity index (χ2v) is 9.14. The first-order valence-corrected chi connectivity index (χ1v) is 10.9. The minimum atomic E-state index is -3.65. The van der Waals surface area contributed by atoms with E-state index in [1.807, 2.05) is 56.3 Å². The van der Waals surface area contributed by atoms with Crippen molar-refractivity contribution in [1.29, 1.82) is 0 Å². The molecule has 1 N–H and O–H groups in total. The van der Waals surface area contributed by atoms with Crippen LogP contribution in [0.25, 0.3) is 0 Å². The summed E-state index contributed by atoms with van der Waals surface area (Å²) in [5, 5.41) is 0. The largest absolute Gasteiger partial charge is 0.258 e. The Balaban J connectivity index is 1.93. The van der Waals surface area contributed by atoms with Gasteiger partial charge in [-0.25, -0.2) is 13.1 Å². The van der Waals surface area contributed by atoms with E-state index in [4.69, 9.17) is 0 Å². The number of hydrogen-bond acceptors (Lipinski definition) is 3. The van der Waals surface area contributed by atoms with Gasteiger partial charge in [0.1, 0.15) is 0 Å². The highest BCUT2D eigenvalue weighted by Crippen LogP contribution is 2.23. The van der Waals surface area contributed by atoms with Crippen molar-refractivity contribution in [3.63, 3.8) is 0 Å². The monoisotopic (exact) mass is 444 g/mol. The number of aromatic nitrogens is 1. The lowest BCUT2D eigenvalue weighted by molar-refractivity contribution is 0.552. The van der Waals surface area contributed by atoms with Crippen LogP contribution in [0.15, 0.2) is 76.1 Å². The molecule has 0 spiro atoms. The minimum Gasteiger partial charge on any atom is -0.258 e. The van der Waals surface area contributed by atoms with Crippen molar-refractivity contribution >= 4 is 26.0 Å². The second kappa shape index (κ2) is 8.33. The van der Waals surface area contributed by atoms with Crippen molar-refractivity contribution in [1.82, 2.24) is 9.71 Å². The average molecular weight is 445 g/mol. The lowest BCUT2D eigenvalue weighted by Crippen LogP contribution is -2.30. The molecule has 0 amide bonds. The third-order valence-electron chi connectivity index (χ3n) is 4.26. The Labute approximate surface area is 168 Å². The number of nitrogens with one attached hydrogen (secondary N) is 1. The predicted molar refractivity (Wildman–Crippen MR) is 111 cm³/mol. The molecule has 6 heteroatoms. The van der Waals surface area contributed by atoms with Gasteiger partial charge in [-0.3, -0.25) is 4.98 Å². The van der Waals surface area contributed by atoms with E-state index in [9.17, 15) is 8.42 Å². The number of halogens is 1. The van der Waals surface area contributed by atoms with Crippen LogP contribution in [0, 0.1) is 13.8 Å². The van der Waals surface area contributed by atoms with Crippen LogP contribution >= 0.6 is 15.9 Å². The molecule has 1 unspecified atom stereocenters. The highest BCUT2D eigenvalue weighted by molar-refractivity contribution is 9.10. The summed E-state index contributed by atoms with van der Waals surface area (Å²) in [7, 11) is -3.65. The quantitative estimate of drug-likeness (QED) is 0.597. The van der Waals surface area contributed by atoms with Gasteiger partial charge in [0.15, 0.2) is 0 Å². The van der Waals surface area contributed by atoms with Gasteiger partial charge >= 0.3 is 0 Å². The molecule has 0 saturated carbocycles. The summed E-state index contributed by atoms with van der Waals surface area (Å²) in [6.07, 6.45) is 0.467. The maximum atomic E-state index is 12.9. The zero-order valence-corrected chi connectivity index (χ0v) is 17.6. The zero-order valence-electron chi connectivity index (χ0n) is 15.2. The first-order chi connectivity index (χ1) is 12.8. The lowest BCUT2D eigenvalue weighted by atomic mass is 10.0. The molecule has 0 saturated heterocycles. The molecule has 140 valence electrons. The molecule has 3 rings (SSSR count). The van der Waals surface area contributed by atoms with Crippen LogP contribution in [0.4, 0.5) is 0 Å². The van der Waals surface area contributed by atoms with Gasteiger partial charge in [0, 0.05) is 22.3 Å². The molecule has 27 heavy (non-hydrogen) atoms. The fourth-order valence-corrected chi connectivity index (χ4v) is 4.31. The molecule has 3 aromatic rings. The maximum Gasteiger partial charge on any atom is 0.241 e. The van der Waals surface area contributed by atoms with Crippen molar-refractivity contribution in [3.8, 4) is 0 Å². The minimum absolute atomic E-state index is 0.257. The number of nitrogens with zero attached hydrogens (tertiary/aromatic N) is 1. The summed E-state index contributed by atoms with van der Waals surface area (Å²) in [5.74, 6) is 0. The Morgan fingerprint density at radius 3 is 2.26 bits per heavy atom. The summed E-state index contributed by atoms with van der Waals surface area (Å²) < 4.78 is 29.6. The fraction of sp³-hybridized carbons (Fsp3) is 0.190. The van der Waals surface area contributed by atoms with Gasteiger partial charge in [0.2, 0.25) is 10.0 Å². The smallest absolute Gasteiger partial charge is 0.241 e. The Kier molecular flexibility index (Phi) is 6.09. The first-order valence-electron chi connectivity index (χ1n) is 8.60. The van der Waals surface area contributed by atoms with E-state index in [2.05, 4.69) is 25.6 Å². The molecule has 1 heterocycles. The number of rotatable bonds is 6. The normalized spacial score (nSPS) is 12.7. The van der Waals surface area contributed by atoms with Gasteiger partial charge in [0.05, 0.1) is 10.9 Å². The Morgan fingerprint density at radius 2 is 1.63 bits per heavy atom. The summed E-state index contributed by atoms with van der Waals surface area (Å²) in [6, 6.07) is 19.9. The molecule has 2 aromatic carbocycles. The predicted octanol–water partition coefficient (Wildman–Crippen LogP) is 4.72. The number of pyridine rings is 1. The standard InChI is InChI=1S/C21H21BrN2O2S/c1-15-6-12-20(13-7-15)27(25,26)24-21(17-8-10-18(22)11-9-17)14-19-5-3-4-16(2)23-19/h3-13,21,24H,14H2,1-2H3. The van der Waals surface area contributed by atoms with Crippen LogP contribution in [-0.2, 0) is 16.4 Å². The van der Waals surface area contributed by atoms with Gasteiger partial charge in [-0.15, -0.1) is 0 Å². The molecular weight excluding hydrogens is 424 g/mol. The van der Waals surface area contributed by atoms with Crippen LogP contribution in [0.1, 0.15) is 28.6 Å². The molecule has 0 aliphatic rings. The molecule has 1 aromatic heterocycles. The van der Waals surface area contributed by atoms with Crippen molar-refractivity contribution in [2.45, 2.75) is 31.2 Å². The maximum absolute atomic E-state index is 12.9. The highest BCUT2D eigenvalue weighted by atomic mass is 79.9. The molecule has 0 radical (unpaired) electrons. The molecule has 1 atom stereocenters. The fourth-order valence-electron chi connectivity index (χ4n) is 2.82. The van der Waals surface area contributed by atoms with Gasteiger partial charge in [-0.05, 0) is 55.8 Å². The third-order valence-corrected chi connectivity index (χ3v) is 6.28. The Bertz CT molecular complexity index is 1020. The third kappa shape index (κ3) is 5.25. The van der Waals surface area contributed by atoms with Crippen LogP contribution < -0.4 is 4.72 Å². The van der Waals surface area contributed by atoms with Gasteiger partial charge in [-0.2, -0.15) is 0 Å². The van der Waals surface area contributed by atoms with Crippen molar-refractivity contribution in [2.24, 2.45) is 0 Å². The SMILES string of the molecule is Cc1ccc(S(=O)(=O)NC(Cc2cccc(C)n2)c2ccc(Br)cc2)cc1. The van der Waals surface area contributed by atoms with E-state index >= 15 is 0 Å². The number of benzene rings is 2. The Morgan fingerprint density at radius 1 is 0.963 bits per heavy atom. The summed E-state index contributed by atoms with van der Waals surface area (Å²) in [5.41, 5.74) is 3.65.